The topological polar surface area (TPSA) is 49.4 Å². The second kappa shape index (κ2) is 7.42. The van der Waals surface area contributed by atoms with Crippen LogP contribution in [0.4, 0.5) is 0 Å². The van der Waals surface area contributed by atoms with Gasteiger partial charge in [0.1, 0.15) is 5.75 Å². The summed E-state index contributed by atoms with van der Waals surface area (Å²) in [6.45, 7) is 2.46. The van der Waals surface area contributed by atoms with Gasteiger partial charge in [0.05, 0.1) is 6.61 Å². The molecule has 0 fully saturated rings. The van der Waals surface area contributed by atoms with Gasteiger partial charge in [0.25, 0.3) is 0 Å². The molecule has 0 aliphatic rings. The van der Waals surface area contributed by atoms with Crippen LogP contribution in [0.3, 0.4) is 0 Å². The fourth-order valence-corrected chi connectivity index (χ4v) is 1.08. The van der Waals surface area contributed by atoms with Crippen molar-refractivity contribution in [1.29, 1.82) is 0 Å². The van der Waals surface area contributed by atoms with E-state index in [2.05, 4.69) is 0 Å². The van der Waals surface area contributed by atoms with E-state index in [1.165, 1.54) is 0 Å². The van der Waals surface area contributed by atoms with E-state index < -0.39 is 5.97 Å². The molecule has 0 heterocycles. The number of aliphatic carboxylic acids is 1. The van der Waals surface area contributed by atoms with E-state index >= 15 is 0 Å². The van der Waals surface area contributed by atoms with Crippen LogP contribution in [0.1, 0.15) is 12.5 Å². The minimum absolute atomic E-state index is 0. The van der Waals surface area contributed by atoms with Gasteiger partial charge in [-0.25, -0.2) is 0 Å². The molecule has 1 aromatic carbocycles. The van der Waals surface area contributed by atoms with Gasteiger partial charge < -0.3 is 14.6 Å². The van der Waals surface area contributed by atoms with E-state index in [4.69, 9.17) is 4.74 Å². The summed E-state index contributed by atoms with van der Waals surface area (Å²) < 4.78 is 5.21. The molecule has 4 heteroatoms. The molecule has 0 saturated heterocycles. The predicted octanol–water partition coefficient (Wildman–Crippen LogP) is -2.62. The van der Waals surface area contributed by atoms with Crippen LogP contribution in [0.5, 0.6) is 5.75 Å². The zero-order valence-corrected chi connectivity index (χ0v) is 11.6. The first kappa shape index (κ1) is 14.1. The molecular formula is C10H11KO3. The summed E-state index contributed by atoms with van der Waals surface area (Å²) in [4.78, 5) is 10.3. The quantitative estimate of drug-likeness (QED) is 0.520. The Morgan fingerprint density at radius 1 is 1.50 bits per heavy atom. The third-order valence-corrected chi connectivity index (χ3v) is 1.56. The number of benzene rings is 1. The number of carbonyl (C=O) groups is 1. The molecule has 70 valence electrons. The fraction of sp³-hybridized carbons (Fsp3) is 0.300. The standard InChI is InChI=1S/C10H12O3.K/c1-2-13-9-5-3-4-8(6-9)7-10(11)12;/h3-6H,2,7H2,1H3,(H,11,12);/q;+1/p-1. The molecule has 0 bridgehead atoms. The van der Waals surface area contributed by atoms with Gasteiger partial charge in [0.2, 0.25) is 0 Å². The normalized spacial score (nSPS) is 8.93. The number of hydrogen-bond acceptors (Lipinski definition) is 3. The van der Waals surface area contributed by atoms with Gasteiger partial charge in [-0.3, -0.25) is 0 Å². The third-order valence-electron chi connectivity index (χ3n) is 1.56. The second-order valence-electron chi connectivity index (χ2n) is 2.63. The molecule has 0 saturated carbocycles. The Morgan fingerprint density at radius 3 is 2.79 bits per heavy atom. The van der Waals surface area contributed by atoms with Crippen LogP contribution in [-0.4, -0.2) is 12.6 Å². The van der Waals surface area contributed by atoms with Crippen LogP contribution in [0.2, 0.25) is 0 Å². The third kappa shape index (κ3) is 5.12. The molecule has 14 heavy (non-hydrogen) atoms. The van der Waals surface area contributed by atoms with E-state index in [9.17, 15) is 9.90 Å². The summed E-state index contributed by atoms with van der Waals surface area (Å²) in [5.41, 5.74) is 0.700. The van der Waals surface area contributed by atoms with Gasteiger partial charge in [-0.2, -0.15) is 0 Å². The van der Waals surface area contributed by atoms with Gasteiger partial charge in [-0.1, -0.05) is 12.1 Å². The molecule has 0 N–H and O–H groups in total. The summed E-state index contributed by atoms with van der Waals surface area (Å²) in [5, 5.41) is 10.3. The van der Waals surface area contributed by atoms with Gasteiger partial charge >= 0.3 is 51.4 Å². The van der Waals surface area contributed by atoms with Crippen molar-refractivity contribution in [3.63, 3.8) is 0 Å². The molecule has 0 aliphatic carbocycles. The molecule has 0 atom stereocenters. The van der Waals surface area contributed by atoms with E-state index in [0.29, 0.717) is 17.9 Å². The first-order valence-electron chi connectivity index (χ1n) is 4.14. The number of carbonyl (C=O) groups excluding carboxylic acids is 1. The summed E-state index contributed by atoms with van der Waals surface area (Å²) in [6, 6.07) is 7.00. The average molecular weight is 218 g/mol. The van der Waals surface area contributed by atoms with Gasteiger partial charge in [0.15, 0.2) is 0 Å². The number of rotatable bonds is 4. The molecule has 0 unspecified atom stereocenters. The molecule has 1 aromatic rings. The maximum absolute atomic E-state index is 10.3. The summed E-state index contributed by atoms with van der Waals surface area (Å²) >= 11 is 0. The van der Waals surface area contributed by atoms with E-state index in [-0.39, 0.29) is 57.8 Å². The zero-order chi connectivity index (χ0) is 9.68. The second-order valence-corrected chi connectivity index (χ2v) is 2.63. The van der Waals surface area contributed by atoms with Crippen molar-refractivity contribution in [2.75, 3.05) is 6.61 Å². The fourth-order valence-electron chi connectivity index (χ4n) is 1.08. The number of ether oxygens (including phenoxy) is 1. The van der Waals surface area contributed by atoms with Crippen LogP contribution in [0, 0.1) is 0 Å². The first-order chi connectivity index (χ1) is 6.22. The summed E-state index contributed by atoms with van der Waals surface area (Å²) in [7, 11) is 0. The van der Waals surface area contributed by atoms with Crippen molar-refractivity contribution in [3.8, 4) is 5.75 Å². The average Bonchev–Trinajstić information content (AvgIpc) is 2.04. The van der Waals surface area contributed by atoms with Crippen molar-refractivity contribution >= 4 is 5.97 Å². The molecule has 0 aliphatic heterocycles. The van der Waals surface area contributed by atoms with Crippen molar-refractivity contribution in [2.45, 2.75) is 13.3 Å². The minimum Gasteiger partial charge on any atom is -0.550 e. The van der Waals surface area contributed by atoms with E-state index in [1.807, 2.05) is 6.92 Å². The molecule has 3 nitrogen and oxygen atoms in total. The molecule has 0 aromatic heterocycles. The zero-order valence-electron chi connectivity index (χ0n) is 8.45. The maximum Gasteiger partial charge on any atom is 1.00 e. The maximum atomic E-state index is 10.3. The Balaban J connectivity index is 0.00000169. The number of hydrogen-bond donors (Lipinski definition) is 0. The van der Waals surface area contributed by atoms with Gasteiger partial charge in [-0.05, 0) is 24.6 Å². The number of carboxylic acids is 1. The van der Waals surface area contributed by atoms with Crippen LogP contribution in [-0.2, 0) is 11.2 Å². The van der Waals surface area contributed by atoms with E-state index in [0.717, 1.165) is 0 Å². The Hall–Kier alpha value is 0.126. The largest absolute Gasteiger partial charge is 1.00 e. The summed E-state index contributed by atoms with van der Waals surface area (Å²) in [6.07, 6.45) is -0.0685. The number of carboxylic acid groups (broad SMARTS) is 1. The molecule has 0 amide bonds. The molecule has 0 radical (unpaired) electrons. The van der Waals surface area contributed by atoms with Crippen LogP contribution in [0.15, 0.2) is 24.3 Å². The first-order valence-corrected chi connectivity index (χ1v) is 4.14. The van der Waals surface area contributed by atoms with Crippen molar-refractivity contribution in [3.05, 3.63) is 29.8 Å². The van der Waals surface area contributed by atoms with Crippen LogP contribution in [0.25, 0.3) is 0 Å². The van der Waals surface area contributed by atoms with Crippen molar-refractivity contribution in [1.82, 2.24) is 0 Å². The smallest absolute Gasteiger partial charge is 0.550 e. The SMILES string of the molecule is CCOc1cccc(CC(=O)[O-])c1.[K+]. The van der Waals surface area contributed by atoms with Crippen LogP contribution >= 0.6 is 0 Å². The molecular weight excluding hydrogens is 207 g/mol. The van der Waals surface area contributed by atoms with Crippen molar-refractivity contribution < 1.29 is 66.0 Å². The Morgan fingerprint density at radius 2 is 2.21 bits per heavy atom. The van der Waals surface area contributed by atoms with E-state index in [1.54, 1.807) is 24.3 Å². The minimum atomic E-state index is -1.08. The Bertz CT molecular complexity index is 299. The Kier molecular flexibility index (Phi) is 7.49. The Labute approximate surface area is 126 Å². The summed E-state index contributed by atoms with van der Waals surface area (Å²) in [5.74, 6) is -0.380. The molecule has 1 rings (SSSR count). The van der Waals surface area contributed by atoms with Gasteiger partial charge in [-0.15, -0.1) is 0 Å². The monoisotopic (exact) mass is 218 g/mol. The molecule has 0 spiro atoms. The van der Waals surface area contributed by atoms with Crippen molar-refractivity contribution in [2.24, 2.45) is 0 Å². The predicted molar refractivity (Wildman–Crippen MR) is 46.3 cm³/mol. The van der Waals surface area contributed by atoms with Gasteiger partial charge in [0, 0.05) is 12.4 Å². The van der Waals surface area contributed by atoms with Crippen LogP contribution < -0.4 is 61.2 Å².